The smallest absolute Gasteiger partial charge is 0.307 e. The summed E-state index contributed by atoms with van der Waals surface area (Å²) >= 11 is 2.91. The number of hydrogen-bond acceptors (Lipinski definition) is 6. The number of aromatic nitrogens is 1. The van der Waals surface area contributed by atoms with E-state index in [1.807, 2.05) is 60.8 Å². The number of nitrogens with zero attached hydrogens (tertiary/aromatic N) is 1. The van der Waals surface area contributed by atoms with Crippen molar-refractivity contribution in [1.29, 1.82) is 0 Å². The average molecular weight is 411 g/mol. The van der Waals surface area contributed by atoms with Gasteiger partial charge in [0.2, 0.25) is 5.91 Å². The van der Waals surface area contributed by atoms with Crippen LogP contribution in [0.2, 0.25) is 0 Å². The monoisotopic (exact) mass is 410 g/mol. The maximum Gasteiger partial charge on any atom is 0.307 e. The van der Waals surface area contributed by atoms with E-state index in [4.69, 9.17) is 4.74 Å². The molecule has 0 spiro atoms. The van der Waals surface area contributed by atoms with Crippen LogP contribution in [0, 0.1) is 6.92 Å². The Balaban J connectivity index is 1.33. The number of anilines is 1. The molecule has 1 atom stereocenters. The van der Waals surface area contributed by atoms with Gasteiger partial charge in [0, 0.05) is 15.8 Å². The van der Waals surface area contributed by atoms with Crippen molar-refractivity contribution in [1.82, 2.24) is 4.98 Å². The molecule has 0 radical (unpaired) electrons. The lowest BCUT2D eigenvalue weighted by atomic mass is 10.2. The summed E-state index contributed by atoms with van der Waals surface area (Å²) in [7, 11) is 0. The van der Waals surface area contributed by atoms with E-state index >= 15 is 0 Å². The van der Waals surface area contributed by atoms with Crippen LogP contribution in [0.5, 0.6) is 0 Å². The van der Waals surface area contributed by atoms with Crippen LogP contribution in [-0.4, -0.2) is 22.1 Å². The third-order valence-corrected chi connectivity index (χ3v) is 6.51. The Morgan fingerprint density at radius 2 is 1.96 bits per heavy atom. The number of carbonyl (C=O) groups is 2. The van der Waals surface area contributed by atoms with Gasteiger partial charge in [-0.1, -0.05) is 42.0 Å². The molecule has 2 aromatic carbocycles. The predicted octanol–water partition coefficient (Wildman–Crippen LogP) is 4.66. The quantitative estimate of drug-likeness (QED) is 0.620. The summed E-state index contributed by atoms with van der Waals surface area (Å²) in [5.74, 6) is -0.576. The molecule has 1 aliphatic heterocycles. The van der Waals surface area contributed by atoms with Crippen LogP contribution < -0.4 is 5.32 Å². The molecule has 1 aliphatic rings. The lowest BCUT2D eigenvalue weighted by molar-refractivity contribution is -0.145. The fraction of sp³-hybridized carbons (Fsp3) is 0.190. The summed E-state index contributed by atoms with van der Waals surface area (Å²) in [6.07, 6.45) is 0.0276. The minimum atomic E-state index is -0.485. The molecule has 7 heteroatoms. The van der Waals surface area contributed by atoms with Crippen molar-refractivity contribution < 1.29 is 14.3 Å². The molecular formula is C21H18N2O3S2. The van der Waals surface area contributed by atoms with Gasteiger partial charge in [-0.3, -0.25) is 9.59 Å². The van der Waals surface area contributed by atoms with Crippen LogP contribution in [-0.2, 0) is 20.9 Å². The zero-order chi connectivity index (χ0) is 19.5. The standard InChI is InChI=1S/C21H18N2O3S2/c1-13-6-8-14(9-7-13)21-22-15(12-27-21)11-26-19(24)10-18-20(25)23-16-4-2-3-5-17(16)28-18/h2-9,12,18H,10-11H2,1H3,(H,23,25)/t18-/m1/s1. The summed E-state index contributed by atoms with van der Waals surface area (Å²) in [6.45, 7) is 2.15. The van der Waals surface area contributed by atoms with Crippen molar-refractivity contribution >= 4 is 40.7 Å². The molecule has 0 fully saturated rings. The molecule has 1 amide bonds. The van der Waals surface area contributed by atoms with Crippen molar-refractivity contribution in [2.45, 2.75) is 30.1 Å². The predicted molar refractivity (Wildman–Crippen MR) is 111 cm³/mol. The van der Waals surface area contributed by atoms with E-state index in [1.54, 1.807) is 0 Å². The second-order valence-corrected chi connectivity index (χ2v) is 8.57. The van der Waals surface area contributed by atoms with Crippen LogP contribution in [0.3, 0.4) is 0 Å². The third kappa shape index (κ3) is 4.26. The van der Waals surface area contributed by atoms with Gasteiger partial charge in [-0.25, -0.2) is 4.98 Å². The Kier molecular flexibility index (Phi) is 5.45. The molecule has 0 saturated carbocycles. The number of nitrogens with one attached hydrogen (secondary N) is 1. The highest BCUT2D eigenvalue weighted by Gasteiger charge is 2.29. The number of aryl methyl sites for hydroxylation is 1. The zero-order valence-corrected chi connectivity index (χ0v) is 16.8. The number of fused-ring (bicyclic) bond motifs is 1. The topological polar surface area (TPSA) is 68.3 Å². The molecule has 0 unspecified atom stereocenters. The summed E-state index contributed by atoms with van der Waals surface area (Å²) in [5, 5.41) is 5.13. The molecule has 1 N–H and O–H groups in total. The van der Waals surface area contributed by atoms with Crippen molar-refractivity contribution in [2.24, 2.45) is 0 Å². The van der Waals surface area contributed by atoms with Crippen LogP contribution >= 0.6 is 23.1 Å². The minimum absolute atomic E-state index is 0.0276. The van der Waals surface area contributed by atoms with E-state index in [0.29, 0.717) is 5.69 Å². The van der Waals surface area contributed by atoms with E-state index in [-0.39, 0.29) is 18.9 Å². The maximum absolute atomic E-state index is 12.2. The van der Waals surface area contributed by atoms with Gasteiger partial charge in [0.05, 0.1) is 23.1 Å². The summed E-state index contributed by atoms with van der Waals surface area (Å²) in [6, 6.07) is 15.7. The Bertz CT molecular complexity index is 1010. The van der Waals surface area contributed by atoms with E-state index in [9.17, 15) is 9.59 Å². The van der Waals surface area contributed by atoms with Gasteiger partial charge in [-0.2, -0.15) is 0 Å². The Morgan fingerprint density at radius 3 is 2.79 bits per heavy atom. The number of hydrogen-bond donors (Lipinski definition) is 1. The average Bonchev–Trinajstić information content (AvgIpc) is 3.16. The Hall–Kier alpha value is -2.64. The van der Waals surface area contributed by atoms with Crippen molar-refractivity contribution in [3.8, 4) is 10.6 Å². The van der Waals surface area contributed by atoms with Gasteiger partial charge in [-0.05, 0) is 19.1 Å². The highest BCUT2D eigenvalue weighted by Crippen LogP contribution is 2.36. The summed E-state index contributed by atoms with van der Waals surface area (Å²) in [4.78, 5) is 29.9. The number of benzene rings is 2. The number of carbonyl (C=O) groups excluding carboxylic acids is 2. The molecule has 2 heterocycles. The molecule has 0 aliphatic carbocycles. The van der Waals surface area contributed by atoms with Gasteiger partial charge < -0.3 is 10.1 Å². The third-order valence-electron chi connectivity index (χ3n) is 4.29. The van der Waals surface area contributed by atoms with E-state index in [1.165, 1.54) is 28.7 Å². The first-order valence-corrected chi connectivity index (χ1v) is 10.6. The van der Waals surface area contributed by atoms with Gasteiger partial charge in [-0.15, -0.1) is 23.1 Å². The van der Waals surface area contributed by atoms with Gasteiger partial charge in [0.1, 0.15) is 11.6 Å². The molecule has 142 valence electrons. The minimum Gasteiger partial charge on any atom is -0.459 e. The fourth-order valence-electron chi connectivity index (χ4n) is 2.79. The van der Waals surface area contributed by atoms with Crippen LogP contribution in [0.4, 0.5) is 5.69 Å². The highest BCUT2D eigenvalue weighted by molar-refractivity contribution is 8.01. The number of thiazole rings is 1. The molecule has 3 aromatic rings. The van der Waals surface area contributed by atoms with Crippen LogP contribution in [0.1, 0.15) is 17.7 Å². The highest BCUT2D eigenvalue weighted by atomic mass is 32.2. The maximum atomic E-state index is 12.2. The number of ether oxygens (including phenoxy) is 1. The van der Waals surface area contributed by atoms with E-state index in [0.717, 1.165) is 21.2 Å². The number of thioether (sulfide) groups is 1. The SMILES string of the molecule is Cc1ccc(-c2nc(COC(=O)C[C@H]3Sc4ccccc4NC3=O)cs2)cc1. The largest absolute Gasteiger partial charge is 0.459 e. The molecule has 28 heavy (non-hydrogen) atoms. The first-order chi connectivity index (χ1) is 13.6. The number of rotatable bonds is 5. The van der Waals surface area contributed by atoms with Gasteiger partial charge in [0.25, 0.3) is 0 Å². The number of para-hydroxylation sites is 1. The van der Waals surface area contributed by atoms with Crippen LogP contribution in [0.25, 0.3) is 10.6 Å². The normalized spacial score (nSPS) is 15.6. The van der Waals surface area contributed by atoms with Crippen LogP contribution in [0.15, 0.2) is 58.8 Å². The summed E-state index contributed by atoms with van der Waals surface area (Å²) in [5.41, 5.74) is 3.73. The zero-order valence-electron chi connectivity index (χ0n) is 15.2. The lowest BCUT2D eigenvalue weighted by Crippen LogP contribution is -2.31. The van der Waals surface area contributed by atoms with Gasteiger partial charge in [0.15, 0.2) is 0 Å². The molecule has 0 saturated heterocycles. The Labute approximate surface area is 171 Å². The van der Waals surface area contributed by atoms with Gasteiger partial charge >= 0.3 is 5.97 Å². The first-order valence-electron chi connectivity index (χ1n) is 8.82. The Morgan fingerprint density at radius 1 is 1.18 bits per heavy atom. The second-order valence-electron chi connectivity index (χ2n) is 6.47. The lowest BCUT2D eigenvalue weighted by Gasteiger charge is -2.23. The number of esters is 1. The van der Waals surface area contributed by atoms with Crippen molar-refractivity contribution in [3.05, 3.63) is 65.2 Å². The molecule has 0 bridgehead atoms. The molecule has 1 aromatic heterocycles. The first kappa shape index (κ1) is 18.7. The van der Waals surface area contributed by atoms with Crippen molar-refractivity contribution in [2.75, 3.05) is 5.32 Å². The fourth-order valence-corrected chi connectivity index (χ4v) is 4.70. The molecule has 5 nitrogen and oxygen atoms in total. The second kappa shape index (κ2) is 8.16. The summed E-state index contributed by atoms with van der Waals surface area (Å²) < 4.78 is 5.35. The van der Waals surface area contributed by atoms with E-state index in [2.05, 4.69) is 10.3 Å². The molecular weight excluding hydrogens is 392 g/mol. The van der Waals surface area contributed by atoms with E-state index < -0.39 is 11.2 Å². The van der Waals surface area contributed by atoms with Crippen molar-refractivity contribution in [3.63, 3.8) is 0 Å². The molecule has 4 rings (SSSR count). The number of amides is 1.